The highest BCUT2D eigenvalue weighted by molar-refractivity contribution is 7.54. The first kappa shape index (κ1) is 30.8. The molecular weight excluding hydrogens is 522 g/mol. The minimum Gasteiger partial charge on any atom is -0.465 e. The molecule has 1 aliphatic heterocycles. The second-order valence-electron chi connectivity index (χ2n) is 8.43. The van der Waals surface area contributed by atoms with Gasteiger partial charge in [0.15, 0.2) is 6.23 Å². The van der Waals surface area contributed by atoms with Crippen molar-refractivity contribution < 1.29 is 47.5 Å². The van der Waals surface area contributed by atoms with Gasteiger partial charge in [-0.15, -0.1) is 0 Å². The molecule has 1 aromatic heterocycles. The highest BCUT2D eigenvalue weighted by Crippen LogP contribution is 2.48. The Hall–Kier alpha value is -2.46. The van der Waals surface area contributed by atoms with Gasteiger partial charge in [-0.2, -0.15) is 0 Å². The molecule has 1 saturated heterocycles. The standard InChI is InChI=1S/C20H32FN4O11P/c1-6-33-14(27)11(3)23-37(32,24-12(4)15(28)34-7-2)35-10-20(21)16(29)19(5,31)17(36-20)25-9-8-13(26)22-18(25)30/h8-9,11-12,16-17,29,31H,6-7,10H2,1-5H3,(H,22,26,30)(H2,23,24,32)/t11-,12-,16-,17+,19+,20+/m0/s1. The topological polar surface area (TPSA) is 208 Å². The van der Waals surface area contributed by atoms with Crippen LogP contribution < -0.4 is 21.4 Å². The van der Waals surface area contributed by atoms with Gasteiger partial charge in [-0.25, -0.2) is 19.4 Å². The first-order valence-corrected chi connectivity index (χ1v) is 12.9. The van der Waals surface area contributed by atoms with E-state index in [1.54, 1.807) is 13.8 Å². The molecule has 0 radical (unpaired) electrons. The normalized spacial score (nSPS) is 27.5. The van der Waals surface area contributed by atoms with E-state index in [4.69, 9.17) is 18.7 Å². The number of H-pyrrole nitrogens is 1. The van der Waals surface area contributed by atoms with Gasteiger partial charge in [0, 0.05) is 12.3 Å². The number of hydrogen-bond acceptors (Lipinski definition) is 11. The van der Waals surface area contributed by atoms with Crippen molar-refractivity contribution in [2.75, 3.05) is 19.8 Å². The Morgan fingerprint density at radius 3 is 2.19 bits per heavy atom. The molecule has 0 bridgehead atoms. The van der Waals surface area contributed by atoms with Crippen molar-refractivity contribution in [2.45, 2.75) is 70.5 Å². The highest BCUT2D eigenvalue weighted by Gasteiger charge is 2.63. The van der Waals surface area contributed by atoms with Gasteiger partial charge < -0.3 is 24.4 Å². The first-order chi connectivity index (χ1) is 17.1. The number of hydrogen-bond donors (Lipinski definition) is 5. The van der Waals surface area contributed by atoms with Gasteiger partial charge in [-0.1, -0.05) is 0 Å². The van der Waals surface area contributed by atoms with E-state index >= 15 is 4.39 Å². The number of nitrogens with zero attached hydrogens (tertiary/aromatic N) is 1. The van der Waals surface area contributed by atoms with Crippen molar-refractivity contribution >= 4 is 19.6 Å². The number of nitrogens with one attached hydrogen (secondary N) is 3. The fourth-order valence-electron chi connectivity index (χ4n) is 3.44. The molecule has 1 aliphatic rings. The van der Waals surface area contributed by atoms with E-state index in [0.29, 0.717) is 4.57 Å². The molecule has 37 heavy (non-hydrogen) atoms. The number of aromatic nitrogens is 2. The Balaban J connectivity index is 2.32. The summed E-state index contributed by atoms with van der Waals surface area (Å²) in [5, 5.41) is 25.9. The molecule has 0 amide bonds. The lowest BCUT2D eigenvalue weighted by molar-refractivity contribution is -0.203. The molecule has 17 heteroatoms. The Kier molecular flexibility index (Phi) is 9.93. The number of carbonyl (C=O) groups excluding carboxylic acids is 2. The fraction of sp³-hybridized carbons (Fsp3) is 0.700. The van der Waals surface area contributed by atoms with Crippen LogP contribution in [-0.4, -0.2) is 81.2 Å². The van der Waals surface area contributed by atoms with E-state index in [1.165, 1.54) is 13.8 Å². The average molecular weight is 554 g/mol. The largest absolute Gasteiger partial charge is 0.465 e. The molecule has 0 unspecified atom stereocenters. The molecule has 0 aliphatic carbocycles. The number of alkyl halides is 1. The molecule has 1 fully saturated rings. The molecule has 6 atom stereocenters. The van der Waals surface area contributed by atoms with Crippen LogP contribution in [0.4, 0.5) is 4.39 Å². The summed E-state index contributed by atoms with van der Waals surface area (Å²) >= 11 is 0. The maximum Gasteiger partial charge on any atom is 0.342 e. The Morgan fingerprint density at radius 2 is 1.73 bits per heavy atom. The third-order valence-electron chi connectivity index (χ3n) is 5.32. The quantitative estimate of drug-likeness (QED) is 0.156. The SMILES string of the molecule is CCOC(=O)[C@H](C)NP(=O)(N[C@@H](C)C(=O)OCC)OC[C@@]1(F)O[C@@H](n2ccc(=O)[nH]c2=O)[C@](C)(O)[C@@H]1O. The van der Waals surface area contributed by atoms with E-state index < -0.39 is 73.3 Å². The Morgan fingerprint density at radius 1 is 1.22 bits per heavy atom. The maximum atomic E-state index is 15.8. The van der Waals surface area contributed by atoms with Crippen molar-refractivity contribution in [3.63, 3.8) is 0 Å². The number of aliphatic hydroxyl groups excluding tert-OH is 1. The van der Waals surface area contributed by atoms with Gasteiger partial charge >= 0.3 is 25.3 Å². The second-order valence-corrected chi connectivity index (χ2v) is 10.3. The molecule has 15 nitrogen and oxygen atoms in total. The van der Waals surface area contributed by atoms with Crippen molar-refractivity contribution in [3.05, 3.63) is 33.1 Å². The number of halogens is 1. The van der Waals surface area contributed by atoms with Gasteiger partial charge in [0.25, 0.3) is 11.4 Å². The summed E-state index contributed by atoms with van der Waals surface area (Å²) in [4.78, 5) is 49.5. The zero-order valence-corrected chi connectivity index (χ0v) is 21.8. The number of aliphatic hydroxyl groups is 2. The lowest BCUT2D eigenvalue weighted by atomic mass is 9.95. The van der Waals surface area contributed by atoms with Crippen molar-refractivity contribution in [3.8, 4) is 0 Å². The molecule has 0 saturated carbocycles. The second kappa shape index (κ2) is 11.9. The van der Waals surface area contributed by atoms with Crippen LogP contribution in [0.15, 0.2) is 21.9 Å². The van der Waals surface area contributed by atoms with Crippen LogP contribution in [0.2, 0.25) is 0 Å². The summed E-state index contributed by atoms with van der Waals surface area (Å²) < 4.78 is 50.0. The molecule has 1 aromatic rings. The third kappa shape index (κ3) is 7.10. The van der Waals surface area contributed by atoms with Gasteiger partial charge in [-0.05, 0) is 34.6 Å². The number of esters is 2. The summed E-state index contributed by atoms with van der Waals surface area (Å²) in [6.07, 6.45) is -3.25. The van der Waals surface area contributed by atoms with Crippen LogP contribution in [0.1, 0.15) is 40.8 Å². The summed E-state index contributed by atoms with van der Waals surface area (Å²) in [6, 6.07) is -1.60. The molecule has 2 heterocycles. The average Bonchev–Trinajstić information content (AvgIpc) is 2.98. The number of ether oxygens (including phenoxy) is 3. The van der Waals surface area contributed by atoms with Crippen LogP contribution in [0.25, 0.3) is 0 Å². The third-order valence-corrected chi connectivity index (χ3v) is 7.27. The Labute approximate surface area is 210 Å². The van der Waals surface area contributed by atoms with E-state index in [-0.39, 0.29) is 13.2 Å². The molecule has 5 N–H and O–H groups in total. The van der Waals surface area contributed by atoms with Gasteiger partial charge in [0.1, 0.15) is 30.4 Å². The van der Waals surface area contributed by atoms with Crippen LogP contribution in [0.3, 0.4) is 0 Å². The van der Waals surface area contributed by atoms with Crippen molar-refractivity contribution in [1.29, 1.82) is 0 Å². The monoisotopic (exact) mass is 554 g/mol. The molecule has 0 aromatic carbocycles. The fourth-order valence-corrected chi connectivity index (χ4v) is 5.26. The maximum absolute atomic E-state index is 15.8. The minimum atomic E-state index is -4.49. The molecule has 210 valence electrons. The highest BCUT2D eigenvalue weighted by atomic mass is 31.2. The molecule has 2 rings (SSSR count). The summed E-state index contributed by atoms with van der Waals surface area (Å²) in [6.45, 7) is 5.34. The summed E-state index contributed by atoms with van der Waals surface area (Å²) in [5.41, 5.74) is -4.25. The minimum absolute atomic E-state index is 0.0108. The zero-order chi connectivity index (χ0) is 28.2. The van der Waals surface area contributed by atoms with E-state index in [1.807, 2.05) is 4.98 Å². The van der Waals surface area contributed by atoms with Gasteiger partial charge in [0.05, 0.1) is 13.2 Å². The predicted molar refractivity (Wildman–Crippen MR) is 124 cm³/mol. The first-order valence-electron chi connectivity index (χ1n) is 11.3. The number of aromatic amines is 1. The van der Waals surface area contributed by atoms with Gasteiger partial charge in [-0.3, -0.25) is 33.0 Å². The summed E-state index contributed by atoms with van der Waals surface area (Å²) in [7, 11) is -4.49. The lowest BCUT2D eigenvalue weighted by Crippen LogP contribution is -2.50. The lowest BCUT2D eigenvalue weighted by Gasteiger charge is -2.30. The predicted octanol–water partition coefficient (Wildman–Crippen LogP) is -0.950. The van der Waals surface area contributed by atoms with Crippen molar-refractivity contribution in [1.82, 2.24) is 19.7 Å². The number of rotatable bonds is 12. The van der Waals surface area contributed by atoms with E-state index in [9.17, 15) is 34.0 Å². The summed E-state index contributed by atoms with van der Waals surface area (Å²) in [5.74, 6) is -4.91. The zero-order valence-electron chi connectivity index (χ0n) is 20.9. The van der Waals surface area contributed by atoms with E-state index in [2.05, 4.69) is 10.2 Å². The van der Waals surface area contributed by atoms with E-state index in [0.717, 1.165) is 19.2 Å². The Bertz CT molecular complexity index is 1110. The van der Waals surface area contributed by atoms with Crippen LogP contribution in [-0.2, 0) is 32.9 Å². The molecule has 0 spiro atoms. The van der Waals surface area contributed by atoms with Crippen LogP contribution in [0, 0.1) is 0 Å². The smallest absolute Gasteiger partial charge is 0.342 e. The van der Waals surface area contributed by atoms with Crippen LogP contribution in [0.5, 0.6) is 0 Å². The number of carbonyl (C=O) groups is 2. The van der Waals surface area contributed by atoms with Gasteiger partial charge in [0.2, 0.25) is 0 Å². The molecular formula is C20H32FN4O11P. The van der Waals surface area contributed by atoms with Crippen molar-refractivity contribution in [2.24, 2.45) is 0 Å². The van der Waals surface area contributed by atoms with Crippen LogP contribution >= 0.6 is 7.67 Å².